The van der Waals surface area contributed by atoms with Crippen LogP contribution in [0.25, 0.3) is 0 Å². The van der Waals surface area contributed by atoms with Crippen LogP contribution in [0.3, 0.4) is 0 Å². The molecule has 0 N–H and O–H groups in total. The Morgan fingerprint density at radius 2 is 1.78 bits per heavy atom. The minimum Gasteiger partial charge on any atom is -0.619 e. The molecule has 1 aliphatic heterocycles. The van der Waals surface area contributed by atoms with Gasteiger partial charge in [-0.15, -0.1) is 0 Å². The largest absolute Gasteiger partial charge is 0.619 e. The fourth-order valence-electron chi connectivity index (χ4n) is 3.96. The van der Waals surface area contributed by atoms with Crippen molar-refractivity contribution in [2.45, 2.75) is 57.8 Å². The summed E-state index contributed by atoms with van der Waals surface area (Å²) in [5.41, 5.74) is 0.331. The molecule has 0 aliphatic carbocycles. The van der Waals surface area contributed by atoms with Crippen LogP contribution in [0.5, 0.6) is 11.5 Å². The summed E-state index contributed by atoms with van der Waals surface area (Å²) in [5.74, 6) is 0.358. The molecule has 0 saturated carbocycles. The number of hydrogen-bond donors (Lipinski definition) is 0. The maximum absolute atomic E-state index is 13.4. The van der Waals surface area contributed by atoms with Crippen molar-refractivity contribution in [1.29, 1.82) is 0 Å². The third kappa shape index (κ3) is 6.64. The van der Waals surface area contributed by atoms with Gasteiger partial charge in [0.25, 0.3) is 0 Å². The van der Waals surface area contributed by atoms with Crippen LogP contribution in [-0.2, 0) is 20.7 Å². The van der Waals surface area contributed by atoms with Gasteiger partial charge in [-0.2, -0.15) is 4.73 Å². The molecule has 2 aromatic rings. The molecule has 1 saturated heterocycles. The van der Waals surface area contributed by atoms with Crippen LogP contribution < -0.4 is 14.2 Å². The van der Waals surface area contributed by atoms with Crippen molar-refractivity contribution < 1.29 is 33.3 Å². The number of hydrogen-bond acceptors (Lipinski definition) is 7. The number of pyridine rings is 1. The van der Waals surface area contributed by atoms with Crippen molar-refractivity contribution in [2.75, 3.05) is 20.8 Å². The Kier molecular flexibility index (Phi) is 8.79. The number of ether oxygens (including phenoxy) is 4. The van der Waals surface area contributed by atoms with E-state index in [-0.39, 0.29) is 16.5 Å². The van der Waals surface area contributed by atoms with Crippen molar-refractivity contribution in [2.24, 2.45) is 0 Å². The van der Waals surface area contributed by atoms with Crippen LogP contribution in [0, 0.1) is 5.21 Å². The number of amides is 1. The lowest BCUT2D eigenvalue weighted by atomic mass is 10.0. The number of benzene rings is 1. The van der Waals surface area contributed by atoms with E-state index < -0.39 is 29.8 Å². The van der Waals surface area contributed by atoms with Gasteiger partial charge in [-0.1, -0.05) is 29.3 Å². The molecule has 0 bridgehead atoms. The molecular weight excluding hydrogens is 511 g/mol. The van der Waals surface area contributed by atoms with Crippen LogP contribution in [0.1, 0.15) is 50.8 Å². The highest BCUT2D eigenvalue weighted by atomic mass is 35.5. The van der Waals surface area contributed by atoms with E-state index >= 15 is 0 Å². The molecule has 11 heteroatoms. The minimum absolute atomic E-state index is 0.0822. The Morgan fingerprint density at radius 1 is 1.14 bits per heavy atom. The van der Waals surface area contributed by atoms with E-state index in [1.54, 1.807) is 39.0 Å². The summed E-state index contributed by atoms with van der Waals surface area (Å²) in [6.07, 6.45) is 2.10. The van der Waals surface area contributed by atoms with Gasteiger partial charge in [-0.3, -0.25) is 4.90 Å². The summed E-state index contributed by atoms with van der Waals surface area (Å²) in [5, 5.41) is 12.0. The quantitative estimate of drug-likeness (QED) is 0.280. The molecule has 0 spiro atoms. The molecule has 0 unspecified atom stereocenters. The van der Waals surface area contributed by atoms with Crippen molar-refractivity contribution in [1.82, 2.24) is 4.90 Å². The lowest BCUT2D eigenvalue weighted by Gasteiger charge is -2.29. The maximum Gasteiger partial charge on any atom is 0.411 e. The Balaban J connectivity index is 1.92. The molecule has 36 heavy (non-hydrogen) atoms. The number of methoxy groups -OCH3 is 2. The number of aromatic nitrogens is 1. The fraction of sp³-hybridized carbons (Fsp3) is 0.480. The average Bonchev–Trinajstić information content (AvgIpc) is 3.29. The number of halogens is 2. The third-order valence-corrected chi connectivity index (χ3v) is 6.29. The van der Waals surface area contributed by atoms with Gasteiger partial charge in [-0.05, 0) is 51.3 Å². The van der Waals surface area contributed by atoms with E-state index in [0.717, 1.165) is 0 Å². The molecule has 1 amide bonds. The zero-order chi connectivity index (χ0) is 26.6. The molecule has 2 heterocycles. The lowest BCUT2D eigenvalue weighted by Crippen LogP contribution is -2.44. The lowest BCUT2D eigenvalue weighted by molar-refractivity contribution is -0.605. The smallest absolute Gasteiger partial charge is 0.411 e. The number of likely N-dealkylation sites (tertiary alicyclic amines) is 1. The highest BCUT2D eigenvalue weighted by Crippen LogP contribution is 2.36. The van der Waals surface area contributed by atoms with Gasteiger partial charge in [0.05, 0.1) is 14.2 Å². The molecule has 1 fully saturated rings. The van der Waals surface area contributed by atoms with Gasteiger partial charge in [0, 0.05) is 18.5 Å². The highest BCUT2D eigenvalue weighted by molar-refractivity contribution is 6.35. The van der Waals surface area contributed by atoms with Gasteiger partial charge >= 0.3 is 12.1 Å². The van der Waals surface area contributed by atoms with Gasteiger partial charge in [0.2, 0.25) is 0 Å². The summed E-state index contributed by atoms with van der Waals surface area (Å²) in [7, 11) is 3.01. The minimum atomic E-state index is -0.851. The van der Waals surface area contributed by atoms with Crippen LogP contribution in [0.4, 0.5) is 4.79 Å². The number of esters is 1. The van der Waals surface area contributed by atoms with E-state index in [4.69, 9.17) is 42.1 Å². The van der Waals surface area contributed by atoms with E-state index in [0.29, 0.717) is 46.7 Å². The molecule has 196 valence electrons. The van der Waals surface area contributed by atoms with Crippen LogP contribution in [0.15, 0.2) is 30.6 Å². The summed E-state index contributed by atoms with van der Waals surface area (Å²) < 4.78 is 22.7. The molecule has 9 nitrogen and oxygen atoms in total. The SMILES string of the molecule is COc1ccc([C@H](Cc2c(Cl)c[n+]([O-])cc2Cl)OC(=O)[C@@H]2CCCN2C(=O)OC(C)(C)C)cc1OC. The van der Waals surface area contributed by atoms with Crippen molar-refractivity contribution in [3.8, 4) is 11.5 Å². The highest BCUT2D eigenvalue weighted by Gasteiger charge is 2.39. The second-order valence-electron chi connectivity index (χ2n) is 9.37. The summed E-state index contributed by atoms with van der Waals surface area (Å²) in [6.45, 7) is 5.68. The Bertz CT molecular complexity index is 1100. The summed E-state index contributed by atoms with van der Waals surface area (Å²) in [6, 6.07) is 4.32. The summed E-state index contributed by atoms with van der Waals surface area (Å²) in [4.78, 5) is 27.4. The molecule has 1 aromatic heterocycles. The first-order valence-electron chi connectivity index (χ1n) is 11.4. The normalized spacial score (nSPS) is 16.4. The Hall–Kier alpha value is -2.91. The maximum atomic E-state index is 13.4. The van der Waals surface area contributed by atoms with Gasteiger partial charge < -0.3 is 24.2 Å². The monoisotopic (exact) mass is 540 g/mol. The topological polar surface area (TPSA) is 101 Å². The van der Waals surface area contributed by atoms with E-state index in [2.05, 4.69) is 0 Å². The number of nitrogens with zero attached hydrogens (tertiary/aromatic N) is 2. The zero-order valence-corrected chi connectivity index (χ0v) is 22.4. The molecule has 1 aliphatic rings. The first kappa shape index (κ1) is 27.7. The van der Waals surface area contributed by atoms with Crippen molar-refractivity contribution >= 4 is 35.3 Å². The third-order valence-electron chi connectivity index (χ3n) is 5.64. The summed E-state index contributed by atoms with van der Waals surface area (Å²) >= 11 is 12.6. The fourth-order valence-corrected chi connectivity index (χ4v) is 4.56. The standard InChI is InChI=1S/C25H30Cl2N2O7/c1-25(2,3)36-24(31)29-10-6-7-19(29)23(30)35-21(12-16-17(26)13-28(32)14-18(16)27)15-8-9-20(33-4)22(11-15)34-5/h8-9,11,13-14,19,21H,6-7,10,12H2,1-5H3/t19-,21-/m0/s1. The van der Waals surface area contributed by atoms with Gasteiger partial charge in [-0.25, -0.2) is 9.59 Å². The second-order valence-corrected chi connectivity index (χ2v) is 10.2. The van der Waals surface area contributed by atoms with Crippen molar-refractivity contribution in [3.05, 3.63) is 57.0 Å². The first-order chi connectivity index (χ1) is 16.9. The van der Waals surface area contributed by atoms with Gasteiger partial charge in [0.1, 0.15) is 27.8 Å². The van der Waals surface area contributed by atoms with E-state index in [1.807, 2.05) is 0 Å². The molecular formula is C25H30Cl2N2O7. The number of carbonyl (C=O) groups is 2. The van der Waals surface area contributed by atoms with Crippen molar-refractivity contribution in [3.63, 3.8) is 0 Å². The van der Waals surface area contributed by atoms with Crippen LogP contribution >= 0.6 is 23.2 Å². The first-order valence-corrected chi connectivity index (χ1v) is 12.2. The Labute approximate surface area is 220 Å². The second kappa shape index (κ2) is 11.4. The predicted molar refractivity (Wildman–Crippen MR) is 133 cm³/mol. The predicted octanol–water partition coefficient (Wildman–Crippen LogP) is 4.87. The Morgan fingerprint density at radius 3 is 2.36 bits per heavy atom. The zero-order valence-electron chi connectivity index (χ0n) is 20.9. The van der Waals surface area contributed by atoms with E-state index in [9.17, 15) is 14.8 Å². The van der Waals surface area contributed by atoms with Crippen LogP contribution in [0.2, 0.25) is 10.0 Å². The molecule has 1 aromatic carbocycles. The number of rotatable bonds is 7. The molecule has 3 rings (SSSR count). The van der Waals surface area contributed by atoms with Gasteiger partial charge in [0.15, 0.2) is 23.9 Å². The average molecular weight is 541 g/mol. The van der Waals surface area contributed by atoms with E-state index in [1.165, 1.54) is 31.5 Å². The number of carbonyl (C=O) groups excluding carboxylic acids is 2. The molecule has 2 atom stereocenters. The molecule has 0 radical (unpaired) electrons. The van der Waals surface area contributed by atoms with Crippen LogP contribution in [-0.4, -0.2) is 49.4 Å².